The Kier molecular flexibility index (Phi) is 5.41. The van der Waals surface area contributed by atoms with E-state index in [2.05, 4.69) is 10.5 Å². The van der Waals surface area contributed by atoms with Gasteiger partial charge in [-0.1, -0.05) is 35.3 Å². The molecule has 0 saturated carbocycles. The number of nitrogens with one attached hydrogen (secondary N) is 1. The van der Waals surface area contributed by atoms with Crippen LogP contribution in [0.3, 0.4) is 0 Å². The lowest BCUT2D eigenvalue weighted by Gasteiger charge is -2.05. The van der Waals surface area contributed by atoms with E-state index in [4.69, 9.17) is 27.9 Å². The zero-order chi connectivity index (χ0) is 16.1. The van der Waals surface area contributed by atoms with Crippen molar-refractivity contribution in [3.63, 3.8) is 0 Å². The fourth-order valence-electron chi connectivity index (χ4n) is 1.75. The lowest BCUT2D eigenvalue weighted by Crippen LogP contribution is -2.19. The molecule has 2 aromatic rings. The Morgan fingerprint density at radius 2 is 1.86 bits per heavy atom. The molecule has 0 radical (unpaired) electrons. The minimum Gasteiger partial charge on any atom is -0.497 e. The molecule has 0 saturated heterocycles. The van der Waals surface area contributed by atoms with Crippen molar-refractivity contribution in [2.45, 2.75) is 6.92 Å². The van der Waals surface area contributed by atoms with Crippen molar-refractivity contribution in [2.24, 2.45) is 5.10 Å². The monoisotopic (exact) mass is 336 g/mol. The summed E-state index contributed by atoms with van der Waals surface area (Å²) in [5, 5.41) is 4.98. The Hall–Kier alpha value is -2.04. The highest BCUT2D eigenvalue weighted by molar-refractivity contribution is 6.42. The highest BCUT2D eigenvalue weighted by Gasteiger charge is 2.07. The van der Waals surface area contributed by atoms with Gasteiger partial charge in [0.05, 0.1) is 22.9 Å². The van der Waals surface area contributed by atoms with Crippen LogP contribution in [-0.2, 0) is 0 Å². The topological polar surface area (TPSA) is 50.7 Å². The summed E-state index contributed by atoms with van der Waals surface area (Å²) in [5.74, 6) is 0.288. The predicted molar refractivity (Wildman–Crippen MR) is 89.1 cm³/mol. The van der Waals surface area contributed by atoms with Crippen molar-refractivity contribution in [1.82, 2.24) is 5.43 Å². The highest BCUT2D eigenvalue weighted by Crippen LogP contribution is 2.22. The number of ether oxygens (including phenoxy) is 1. The van der Waals surface area contributed by atoms with E-state index >= 15 is 0 Å². The van der Waals surface area contributed by atoms with Gasteiger partial charge < -0.3 is 4.74 Å². The van der Waals surface area contributed by atoms with Gasteiger partial charge in [0.2, 0.25) is 0 Å². The molecule has 6 heteroatoms. The molecule has 4 nitrogen and oxygen atoms in total. The number of hydrogen-bond acceptors (Lipinski definition) is 3. The molecule has 0 fully saturated rings. The van der Waals surface area contributed by atoms with Crippen molar-refractivity contribution in [3.8, 4) is 5.75 Å². The fourth-order valence-corrected chi connectivity index (χ4v) is 2.05. The molecule has 0 aromatic heterocycles. The van der Waals surface area contributed by atoms with Gasteiger partial charge in [0.25, 0.3) is 5.91 Å². The van der Waals surface area contributed by atoms with Crippen LogP contribution in [-0.4, -0.2) is 18.7 Å². The van der Waals surface area contributed by atoms with E-state index in [1.54, 1.807) is 56.5 Å². The second-order valence-electron chi connectivity index (χ2n) is 4.50. The number of nitrogens with zero attached hydrogens (tertiary/aromatic N) is 1. The summed E-state index contributed by atoms with van der Waals surface area (Å²) in [4.78, 5) is 12.0. The first-order valence-electron chi connectivity index (χ1n) is 6.45. The molecule has 1 amide bonds. The normalized spacial score (nSPS) is 11.2. The summed E-state index contributed by atoms with van der Waals surface area (Å²) >= 11 is 11.8. The maximum absolute atomic E-state index is 12.0. The molecule has 0 bridgehead atoms. The smallest absolute Gasteiger partial charge is 0.271 e. The lowest BCUT2D eigenvalue weighted by atomic mass is 10.1. The number of carbonyl (C=O) groups is 1. The van der Waals surface area contributed by atoms with Crippen LogP contribution in [0, 0.1) is 0 Å². The first-order valence-corrected chi connectivity index (χ1v) is 7.21. The standard InChI is InChI=1S/C16H14Cl2N2O2/c1-10(11-6-7-14(17)15(18)9-11)19-20-16(21)12-4-3-5-13(8-12)22-2/h3-9H,1-2H3,(H,20,21)/b19-10+. The minimum atomic E-state index is -0.321. The van der Waals surface area contributed by atoms with Crippen LogP contribution < -0.4 is 10.2 Å². The summed E-state index contributed by atoms with van der Waals surface area (Å²) in [6.45, 7) is 1.77. The number of benzene rings is 2. The summed E-state index contributed by atoms with van der Waals surface area (Å²) < 4.78 is 5.08. The van der Waals surface area contributed by atoms with Gasteiger partial charge in [-0.25, -0.2) is 5.43 Å². The molecule has 2 rings (SSSR count). The maximum atomic E-state index is 12.0. The zero-order valence-corrected chi connectivity index (χ0v) is 13.6. The Labute approximate surface area is 138 Å². The van der Waals surface area contributed by atoms with Crippen molar-refractivity contribution in [2.75, 3.05) is 7.11 Å². The molecule has 0 aliphatic rings. The van der Waals surface area contributed by atoms with Crippen molar-refractivity contribution >= 4 is 34.8 Å². The van der Waals surface area contributed by atoms with Crippen molar-refractivity contribution in [3.05, 3.63) is 63.6 Å². The molecular formula is C16H14Cl2N2O2. The Bertz CT molecular complexity index is 730. The molecule has 1 N–H and O–H groups in total. The molecule has 0 unspecified atom stereocenters. The number of carbonyl (C=O) groups excluding carboxylic acids is 1. The molecule has 0 aliphatic heterocycles. The van der Waals surface area contributed by atoms with Gasteiger partial charge in [0.15, 0.2) is 0 Å². The van der Waals surface area contributed by atoms with Gasteiger partial charge in [0.1, 0.15) is 5.75 Å². The van der Waals surface area contributed by atoms with E-state index in [-0.39, 0.29) is 5.91 Å². The number of methoxy groups -OCH3 is 1. The van der Waals surface area contributed by atoms with Crippen LogP contribution in [0.25, 0.3) is 0 Å². The van der Waals surface area contributed by atoms with E-state index in [1.807, 2.05) is 0 Å². The molecule has 0 aliphatic carbocycles. The van der Waals surface area contributed by atoms with Gasteiger partial charge in [-0.2, -0.15) is 5.10 Å². The van der Waals surface area contributed by atoms with Gasteiger partial charge in [0, 0.05) is 5.56 Å². The van der Waals surface area contributed by atoms with Gasteiger partial charge >= 0.3 is 0 Å². The summed E-state index contributed by atoms with van der Waals surface area (Å²) in [5.41, 5.74) is 4.36. The lowest BCUT2D eigenvalue weighted by molar-refractivity contribution is 0.0954. The second-order valence-corrected chi connectivity index (χ2v) is 5.31. The number of amides is 1. The van der Waals surface area contributed by atoms with E-state index in [0.29, 0.717) is 27.1 Å². The SMILES string of the molecule is COc1cccc(C(=O)N/N=C(\C)c2ccc(Cl)c(Cl)c2)c1. The predicted octanol–water partition coefficient (Wildman–Crippen LogP) is 4.16. The summed E-state index contributed by atoms with van der Waals surface area (Å²) in [6, 6.07) is 12.0. The van der Waals surface area contributed by atoms with Gasteiger partial charge in [-0.3, -0.25) is 4.79 Å². The number of rotatable bonds is 4. The molecule has 22 heavy (non-hydrogen) atoms. The first-order chi connectivity index (χ1) is 10.5. The van der Waals surface area contributed by atoms with Crippen LogP contribution >= 0.6 is 23.2 Å². The minimum absolute atomic E-state index is 0.321. The molecule has 2 aromatic carbocycles. The molecule has 0 heterocycles. The van der Waals surface area contributed by atoms with Crippen molar-refractivity contribution < 1.29 is 9.53 Å². The summed E-state index contributed by atoms with van der Waals surface area (Å²) in [6.07, 6.45) is 0. The maximum Gasteiger partial charge on any atom is 0.271 e. The van der Waals surface area contributed by atoms with Crippen LogP contribution in [0.4, 0.5) is 0 Å². The molecule has 0 atom stereocenters. The Morgan fingerprint density at radius 1 is 1.09 bits per heavy atom. The van der Waals surface area contributed by atoms with Crippen LogP contribution in [0.15, 0.2) is 47.6 Å². The average molecular weight is 337 g/mol. The van der Waals surface area contributed by atoms with E-state index in [9.17, 15) is 4.79 Å². The largest absolute Gasteiger partial charge is 0.497 e. The van der Waals surface area contributed by atoms with Crippen LogP contribution in [0.2, 0.25) is 10.0 Å². The molecular weight excluding hydrogens is 323 g/mol. The fraction of sp³-hybridized carbons (Fsp3) is 0.125. The molecule has 0 spiro atoms. The quantitative estimate of drug-likeness (QED) is 0.673. The number of hydrogen-bond donors (Lipinski definition) is 1. The first kappa shape index (κ1) is 16.3. The van der Waals surface area contributed by atoms with Gasteiger partial charge in [-0.05, 0) is 42.8 Å². The van der Waals surface area contributed by atoms with E-state index in [1.165, 1.54) is 0 Å². The third kappa shape index (κ3) is 4.00. The molecule has 114 valence electrons. The number of hydrazone groups is 1. The average Bonchev–Trinajstić information content (AvgIpc) is 2.54. The van der Waals surface area contributed by atoms with E-state index < -0.39 is 0 Å². The third-order valence-corrected chi connectivity index (χ3v) is 3.73. The third-order valence-electron chi connectivity index (χ3n) is 2.99. The zero-order valence-electron chi connectivity index (χ0n) is 12.1. The Balaban J connectivity index is 2.12. The number of halogens is 2. The highest BCUT2D eigenvalue weighted by atomic mass is 35.5. The van der Waals surface area contributed by atoms with Crippen LogP contribution in [0.5, 0.6) is 5.75 Å². The Morgan fingerprint density at radius 3 is 2.55 bits per heavy atom. The van der Waals surface area contributed by atoms with E-state index in [0.717, 1.165) is 5.56 Å². The van der Waals surface area contributed by atoms with Crippen molar-refractivity contribution in [1.29, 1.82) is 0 Å². The van der Waals surface area contributed by atoms with Gasteiger partial charge in [-0.15, -0.1) is 0 Å². The van der Waals surface area contributed by atoms with Crippen LogP contribution in [0.1, 0.15) is 22.8 Å². The second kappa shape index (κ2) is 7.29. The summed E-state index contributed by atoms with van der Waals surface area (Å²) in [7, 11) is 1.55.